The minimum absolute atomic E-state index is 0.0727. The lowest BCUT2D eigenvalue weighted by molar-refractivity contribution is 0.783. The lowest BCUT2D eigenvalue weighted by Gasteiger charge is -2.17. The number of hydrogen-bond donors (Lipinski definition) is 0. The molecule has 4 rings (SSSR count). The fourth-order valence-electron chi connectivity index (χ4n) is 4.04. The Labute approximate surface area is 177 Å². The van der Waals surface area contributed by atoms with Crippen molar-refractivity contribution < 1.29 is 0 Å². The van der Waals surface area contributed by atoms with Crippen molar-refractivity contribution in [2.24, 2.45) is 10.2 Å². The highest BCUT2D eigenvalue weighted by Gasteiger charge is 2.13. The molecular weight excluding hydrogens is 372 g/mol. The molecule has 0 saturated carbocycles. The average Bonchev–Trinajstić information content (AvgIpc) is 2.79. The third kappa shape index (κ3) is 4.93. The average molecular weight is 399 g/mol. The smallest absolute Gasteiger partial charge is 0.0603 e. The topological polar surface area (TPSA) is 97.5 Å². The maximum absolute atomic E-state index is 8.45. The molecule has 2 aromatic rings. The number of allylic oxidation sites excluding steroid dienone is 2. The summed E-state index contributed by atoms with van der Waals surface area (Å²) in [4.78, 5) is 5.73. The van der Waals surface area contributed by atoms with E-state index in [-0.39, 0.29) is 12.1 Å². The molecular formula is C24H26N6. The van der Waals surface area contributed by atoms with Gasteiger partial charge in [0.05, 0.1) is 12.1 Å². The minimum Gasteiger partial charge on any atom is -0.0862 e. The fourth-order valence-corrected chi connectivity index (χ4v) is 4.04. The Hall–Kier alpha value is -3.46. The van der Waals surface area contributed by atoms with Crippen molar-refractivity contribution >= 4 is 12.2 Å². The molecule has 0 amide bonds. The van der Waals surface area contributed by atoms with E-state index in [1.54, 1.807) is 0 Å². The van der Waals surface area contributed by atoms with Gasteiger partial charge in [-0.15, -0.1) is 0 Å². The predicted molar refractivity (Wildman–Crippen MR) is 123 cm³/mol. The highest BCUT2D eigenvalue weighted by Crippen LogP contribution is 2.29. The minimum atomic E-state index is -0.0901. The number of azide groups is 2. The van der Waals surface area contributed by atoms with E-state index in [0.717, 1.165) is 36.8 Å². The molecule has 0 fully saturated rings. The summed E-state index contributed by atoms with van der Waals surface area (Å²) in [6, 6.07) is 12.2. The van der Waals surface area contributed by atoms with Gasteiger partial charge in [0, 0.05) is 9.82 Å². The Morgan fingerprint density at radius 2 is 1.43 bits per heavy atom. The molecule has 6 heteroatoms. The number of fused-ring (bicyclic) bond motifs is 2. The number of hydrogen-bond acceptors (Lipinski definition) is 2. The van der Waals surface area contributed by atoms with Gasteiger partial charge in [0.2, 0.25) is 0 Å². The summed E-state index contributed by atoms with van der Waals surface area (Å²) in [5.41, 5.74) is 24.4. The van der Waals surface area contributed by atoms with E-state index in [4.69, 9.17) is 11.1 Å². The maximum atomic E-state index is 8.45. The van der Waals surface area contributed by atoms with Crippen LogP contribution in [0.2, 0.25) is 0 Å². The van der Waals surface area contributed by atoms with Crippen molar-refractivity contribution in [3.8, 4) is 0 Å². The summed E-state index contributed by atoms with van der Waals surface area (Å²) < 4.78 is 0. The van der Waals surface area contributed by atoms with Crippen LogP contribution >= 0.6 is 0 Å². The molecule has 0 spiro atoms. The van der Waals surface area contributed by atoms with Gasteiger partial charge in [-0.2, -0.15) is 0 Å². The normalized spacial score (nSPS) is 15.3. The Balaban J connectivity index is 0.000000171. The Kier molecular flexibility index (Phi) is 7.34. The van der Waals surface area contributed by atoms with Crippen LogP contribution in [0.15, 0.2) is 58.8 Å². The van der Waals surface area contributed by atoms with Gasteiger partial charge in [0.1, 0.15) is 0 Å². The van der Waals surface area contributed by atoms with Crippen molar-refractivity contribution in [2.45, 2.75) is 51.6 Å². The first kappa shape index (κ1) is 21.3. The van der Waals surface area contributed by atoms with E-state index in [0.29, 0.717) is 0 Å². The van der Waals surface area contributed by atoms with Gasteiger partial charge >= 0.3 is 0 Å². The second-order valence-corrected chi connectivity index (χ2v) is 7.48. The van der Waals surface area contributed by atoms with Gasteiger partial charge in [0.15, 0.2) is 0 Å². The molecule has 6 nitrogen and oxygen atoms in total. The zero-order valence-corrected chi connectivity index (χ0v) is 17.4. The zero-order valence-electron chi connectivity index (χ0n) is 17.4. The second kappa shape index (κ2) is 10.4. The summed E-state index contributed by atoms with van der Waals surface area (Å²) in [5.74, 6) is 0. The molecule has 2 aliphatic rings. The largest absolute Gasteiger partial charge is 0.0862 e. The first-order valence-corrected chi connectivity index (χ1v) is 10.3. The Morgan fingerprint density at radius 3 is 2.20 bits per heavy atom. The van der Waals surface area contributed by atoms with Crippen LogP contribution in [0.25, 0.3) is 33.0 Å². The van der Waals surface area contributed by atoms with Gasteiger partial charge in [-0.25, -0.2) is 0 Å². The number of rotatable bonds is 4. The van der Waals surface area contributed by atoms with Crippen LogP contribution in [0.4, 0.5) is 0 Å². The first-order valence-electron chi connectivity index (χ1n) is 10.3. The third-order valence-corrected chi connectivity index (χ3v) is 5.55. The number of nitrogens with zero attached hydrogens (tertiary/aromatic N) is 6. The molecule has 0 bridgehead atoms. The predicted octanol–water partition coefficient (Wildman–Crippen LogP) is 8.03. The lowest BCUT2D eigenvalue weighted by Crippen LogP contribution is -2.01. The van der Waals surface area contributed by atoms with Gasteiger partial charge in [-0.05, 0) is 70.1 Å². The molecule has 0 heterocycles. The molecule has 2 aromatic carbocycles. The quantitative estimate of drug-likeness (QED) is 0.283. The maximum Gasteiger partial charge on any atom is 0.0603 e. The van der Waals surface area contributed by atoms with E-state index in [1.807, 2.05) is 32.0 Å². The molecule has 0 radical (unpaired) electrons. The standard InChI is InChI=1S/2C12H13N3/c2*1-9(14-15-13)11-8-4-6-10-5-2-3-7-12(10)11/h3-4,6-9H,2,5H2,1H3;2,4-6,8-9H,3,7H2,1H3/t2*9-/m11/s1. The van der Waals surface area contributed by atoms with Gasteiger partial charge in [0.25, 0.3) is 0 Å². The van der Waals surface area contributed by atoms with Crippen molar-refractivity contribution in [2.75, 3.05) is 0 Å². The molecule has 0 aromatic heterocycles. The monoisotopic (exact) mass is 398 g/mol. The SMILES string of the molecule is C[C@@H](N=[N+]=[N-])c1cccc2c1C=CCC2.C[C@@H](N=[N+]=[N-])c1cccc2c1CCC=C2. The van der Waals surface area contributed by atoms with E-state index >= 15 is 0 Å². The highest BCUT2D eigenvalue weighted by molar-refractivity contribution is 5.61. The van der Waals surface area contributed by atoms with E-state index in [9.17, 15) is 0 Å². The van der Waals surface area contributed by atoms with Crippen molar-refractivity contribution in [3.05, 3.63) is 103 Å². The first-order chi connectivity index (χ1) is 14.7. The Bertz CT molecular complexity index is 1060. The molecule has 30 heavy (non-hydrogen) atoms. The lowest BCUT2D eigenvalue weighted by atomic mass is 9.90. The molecule has 0 saturated heterocycles. The molecule has 0 unspecified atom stereocenters. The number of aryl methyl sites for hydroxylation is 1. The molecule has 0 N–H and O–H groups in total. The van der Waals surface area contributed by atoms with Crippen molar-refractivity contribution in [1.29, 1.82) is 0 Å². The molecule has 0 aliphatic heterocycles. The number of benzene rings is 2. The summed E-state index contributed by atoms with van der Waals surface area (Å²) in [6.45, 7) is 3.87. The summed E-state index contributed by atoms with van der Waals surface area (Å²) in [6.07, 6.45) is 13.0. The summed E-state index contributed by atoms with van der Waals surface area (Å²) in [5, 5.41) is 7.51. The van der Waals surface area contributed by atoms with Crippen LogP contribution in [0.5, 0.6) is 0 Å². The molecule has 2 aliphatic carbocycles. The van der Waals surface area contributed by atoms with Crippen molar-refractivity contribution in [1.82, 2.24) is 0 Å². The van der Waals surface area contributed by atoms with Crippen LogP contribution in [0, 0.1) is 0 Å². The second-order valence-electron chi connectivity index (χ2n) is 7.48. The summed E-state index contributed by atoms with van der Waals surface area (Å²) in [7, 11) is 0. The van der Waals surface area contributed by atoms with E-state index in [1.165, 1.54) is 22.3 Å². The van der Waals surface area contributed by atoms with Gasteiger partial charge in [-0.1, -0.05) is 84.8 Å². The molecule has 2 atom stereocenters. The highest BCUT2D eigenvalue weighted by atomic mass is 15.1. The van der Waals surface area contributed by atoms with E-state index < -0.39 is 0 Å². The van der Waals surface area contributed by atoms with Crippen LogP contribution in [-0.4, -0.2) is 0 Å². The van der Waals surface area contributed by atoms with Gasteiger partial charge in [-0.3, -0.25) is 0 Å². The van der Waals surface area contributed by atoms with Crippen LogP contribution in [-0.2, 0) is 12.8 Å². The third-order valence-electron chi connectivity index (χ3n) is 5.55. The van der Waals surface area contributed by atoms with Crippen molar-refractivity contribution in [3.63, 3.8) is 0 Å². The van der Waals surface area contributed by atoms with Crippen LogP contribution in [0.3, 0.4) is 0 Å². The van der Waals surface area contributed by atoms with Crippen LogP contribution < -0.4 is 0 Å². The summed E-state index contributed by atoms with van der Waals surface area (Å²) >= 11 is 0. The fraction of sp³-hybridized carbons (Fsp3) is 0.333. The zero-order chi connectivity index (χ0) is 21.3. The van der Waals surface area contributed by atoms with E-state index in [2.05, 4.69) is 62.6 Å². The Morgan fingerprint density at radius 1 is 0.800 bits per heavy atom. The molecule has 152 valence electrons. The van der Waals surface area contributed by atoms with Crippen LogP contribution in [0.1, 0.15) is 72.2 Å². The van der Waals surface area contributed by atoms with Gasteiger partial charge < -0.3 is 0 Å².